The highest BCUT2D eigenvalue weighted by Crippen LogP contribution is 2.33. The van der Waals surface area contributed by atoms with E-state index in [1.165, 1.54) is 18.4 Å². The van der Waals surface area contributed by atoms with Gasteiger partial charge in [0.15, 0.2) is 0 Å². The van der Waals surface area contributed by atoms with Gasteiger partial charge in [0, 0.05) is 10.6 Å². The highest BCUT2D eigenvalue weighted by molar-refractivity contribution is 9.11. The molecule has 0 aromatic carbocycles. The topological polar surface area (TPSA) is 67.4 Å². The van der Waals surface area contributed by atoms with Crippen LogP contribution < -0.4 is 10.6 Å². The lowest BCUT2D eigenvalue weighted by atomic mass is 10.0. The van der Waals surface area contributed by atoms with Crippen LogP contribution in [0, 0.1) is 0 Å². The molecule has 2 N–H and O–H groups in total. The molecule has 0 bridgehead atoms. The number of rotatable bonds is 2. The van der Waals surface area contributed by atoms with Crippen LogP contribution in [0.5, 0.6) is 0 Å². The molecule has 18 heavy (non-hydrogen) atoms. The van der Waals surface area contributed by atoms with E-state index < -0.39 is 12.0 Å². The molecule has 7 heteroatoms. The number of hydrogen-bond donors (Lipinski definition) is 2. The lowest BCUT2D eigenvalue weighted by molar-refractivity contribution is -0.136. The van der Waals surface area contributed by atoms with E-state index in [0.717, 1.165) is 8.66 Å². The van der Waals surface area contributed by atoms with E-state index in [-0.39, 0.29) is 6.03 Å². The first kappa shape index (κ1) is 13.1. The molecule has 0 fully saturated rings. The summed E-state index contributed by atoms with van der Waals surface area (Å²) in [6, 6.07) is 2.94. The largest absolute Gasteiger partial charge is 0.466 e. The molecule has 0 saturated heterocycles. The van der Waals surface area contributed by atoms with Crippen molar-refractivity contribution in [3.05, 3.63) is 32.1 Å². The van der Waals surface area contributed by atoms with Crippen molar-refractivity contribution >= 4 is 39.3 Å². The van der Waals surface area contributed by atoms with Gasteiger partial charge in [0.25, 0.3) is 0 Å². The van der Waals surface area contributed by atoms with Gasteiger partial charge in [-0.1, -0.05) is 0 Å². The summed E-state index contributed by atoms with van der Waals surface area (Å²) in [7, 11) is 1.32. The van der Waals surface area contributed by atoms with E-state index in [1.807, 2.05) is 12.1 Å². The quantitative estimate of drug-likeness (QED) is 0.817. The van der Waals surface area contributed by atoms with Gasteiger partial charge in [0.05, 0.1) is 22.5 Å². The molecule has 96 valence electrons. The minimum absolute atomic E-state index is 0.324. The highest BCUT2D eigenvalue weighted by atomic mass is 79.9. The number of allylic oxidation sites excluding steroid dienone is 1. The van der Waals surface area contributed by atoms with Gasteiger partial charge >= 0.3 is 12.0 Å². The summed E-state index contributed by atoms with van der Waals surface area (Å²) >= 11 is 4.82. The molecule has 0 saturated carbocycles. The number of hydrogen-bond acceptors (Lipinski definition) is 4. The zero-order valence-electron chi connectivity index (χ0n) is 9.74. The molecule has 0 aliphatic carbocycles. The van der Waals surface area contributed by atoms with E-state index in [2.05, 4.69) is 26.6 Å². The summed E-state index contributed by atoms with van der Waals surface area (Å²) < 4.78 is 5.70. The first-order valence-electron chi connectivity index (χ1n) is 5.14. The third kappa shape index (κ3) is 2.41. The summed E-state index contributed by atoms with van der Waals surface area (Å²) in [6.07, 6.45) is 0. The molecule has 1 aromatic heterocycles. The molecular weight excluding hydrogens is 320 g/mol. The van der Waals surface area contributed by atoms with Gasteiger partial charge in [-0.25, -0.2) is 9.59 Å². The normalized spacial score (nSPS) is 19.3. The van der Waals surface area contributed by atoms with Crippen molar-refractivity contribution < 1.29 is 14.3 Å². The number of urea groups is 1. The van der Waals surface area contributed by atoms with Crippen molar-refractivity contribution in [1.82, 2.24) is 10.6 Å². The van der Waals surface area contributed by atoms with Crippen LogP contribution in [-0.4, -0.2) is 19.1 Å². The van der Waals surface area contributed by atoms with Crippen molar-refractivity contribution in [2.45, 2.75) is 13.0 Å². The Morgan fingerprint density at radius 3 is 2.78 bits per heavy atom. The third-order valence-corrected chi connectivity index (χ3v) is 4.24. The van der Waals surface area contributed by atoms with E-state index in [1.54, 1.807) is 6.92 Å². The summed E-state index contributed by atoms with van der Waals surface area (Å²) in [4.78, 5) is 24.2. The Hall–Kier alpha value is -1.34. The lowest BCUT2D eigenvalue weighted by Crippen LogP contribution is -2.45. The summed E-state index contributed by atoms with van der Waals surface area (Å²) in [5, 5.41) is 5.30. The predicted octanol–water partition coefficient (Wildman–Crippen LogP) is 2.31. The molecule has 1 aliphatic heterocycles. The molecular formula is C11H11BrN2O3S. The summed E-state index contributed by atoms with van der Waals surface area (Å²) in [5.74, 6) is -0.450. The first-order valence-corrected chi connectivity index (χ1v) is 6.75. The van der Waals surface area contributed by atoms with Crippen molar-refractivity contribution in [2.24, 2.45) is 0 Å². The predicted molar refractivity (Wildman–Crippen MR) is 71.1 cm³/mol. The molecule has 1 aliphatic rings. The Labute approximate surface area is 116 Å². The third-order valence-electron chi connectivity index (χ3n) is 2.55. The van der Waals surface area contributed by atoms with Crippen molar-refractivity contribution in [1.29, 1.82) is 0 Å². The fourth-order valence-corrected chi connectivity index (χ4v) is 3.26. The monoisotopic (exact) mass is 330 g/mol. The smallest absolute Gasteiger partial charge is 0.338 e. The summed E-state index contributed by atoms with van der Waals surface area (Å²) in [6.45, 7) is 1.68. The standard InChI is InChI=1S/C11H11BrN2O3S/c1-5-8(10(15)17-2)9(14-11(16)13-5)6-3-4-7(12)18-6/h3-4,9H,1-2H3,(H2,13,14,16). The molecule has 0 spiro atoms. The van der Waals surface area contributed by atoms with Gasteiger partial charge in [-0.05, 0) is 35.0 Å². The van der Waals surface area contributed by atoms with Crippen LogP contribution in [-0.2, 0) is 9.53 Å². The number of amides is 2. The fourth-order valence-electron chi connectivity index (χ4n) is 1.77. The van der Waals surface area contributed by atoms with Gasteiger partial charge in [-0.3, -0.25) is 0 Å². The zero-order valence-corrected chi connectivity index (χ0v) is 12.1. The van der Waals surface area contributed by atoms with Gasteiger partial charge in [0.1, 0.15) is 0 Å². The zero-order chi connectivity index (χ0) is 13.3. The summed E-state index contributed by atoms with van der Waals surface area (Å²) in [5.41, 5.74) is 0.937. The SMILES string of the molecule is COC(=O)C1=C(C)NC(=O)NC1c1ccc(Br)s1. The van der Waals surface area contributed by atoms with E-state index in [0.29, 0.717) is 11.3 Å². The second-order valence-electron chi connectivity index (χ2n) is 3.70. The Balaban J connectivity index is 2.45. The van der Waals surface area contributed by atoms with Crippen LogP contribution in [0.2, 0.25) is 0 Å². The fraction of sp³-hybridized carbons (Fsp3) is 0.273. The van der Waals surface area contributed by atoms with Gasteiger partial charge in [-0.15, -0.1) is 11.3 Å². The van der Waals surface area contributed by atoms with Crippen LogP contribution in [0.15, 0.2) is 27.2 Å². The number of halogens is 1. The van der Waals surface area contributed by atoms with Crippen molar-refractivity contribution in [3.8, 4) is 0 Å². The second kappa shape index (κ2) is 5.11. The van der Waals surface area contributed by atoms with Crippen LogP contribution in [0.25, 0.3) is 0 Å². The van der Waals surface area contributed by atoms with Crippen molar-refractivity contribution in [3.63, 3.8) is 0 Å². The van der Waals surface area contributed by atoms with Gasteiger partial charge < -0.3 is 15.4 Å². The average molecular weight is 331 g/mol. The molecule has 5 nitrogen and oxygen atoms in total. The number of esters is 1. The maximum atomic E-state index is 11.8. The number of thiophene rings is 1. The van der Waals surface area contributed by atoms with E-state index in [9.17, 15) is 9.59 Å². The lowest BCUT2D eigenvalue weighted by Gasteiger charge is -2.26. The van der Waals surface area contributed by atoms with Crippen LogP contribution in [0.4, 0.5) is 4.79 Å². The number of carbonyl (C=O) groups excluding carboxylic acids is 2. The van der Waals surface area contributed by atoms with Gasteiger partial charge in [0.2, 0.25) is 0 Å². The average Bonchev–Trinajstić information content (AvgIpc) is 2.74. The Kier molecular flexibility index (Phi) is 3.72. The number of carbonyl (C=O) groups is 2. The van der Waals surface area contributed by atoms with Crippen molar-refractivity contribution in [2.75, 3.05) is 7.11 Å². The second-order valence-corrected chi connectivity index (χ2v) is 6.20. The van der Waals surface area contributed by atoms with Gasteiger partial charge in [-0.2, -0.15) is 0 Å². The van der Waals surface area contributed by atoms with E-state index >= 15 is 0 Å². The number of methoxy groups -OCH3 is 1. The first-order chi connectivity index (χ1) is 8.52. The van der Waals surface area contributed by atoms with Crippen LogP contribution in [0.1, 0.15) is 17.8 Å². The molecule has 1 unspecified atom stereocenters. The minimum Gasteiger partial charge on any atom is -0.466 e. The Bertz CT molecular complexity index is 538. The molecule has 1 aromatic rings. The number of nitrogens with one attached hydrogen (secondary N) is 2. The maximum absolute atomic E-state index is 11.8. The molecule has 2 heterocycles. The molecule has 1 atom stereocenters. The molecule has 0 radical (unpaired) electrons. The molecule has 2 amide bonds. The van der Waals surface area contributed by atoms with E-state index in [4.69, 9.17) is 4.74 Å². The molecule has 2 rings (SSSR count). The maximum Gasteiger partial charge on any atom is 0.338 e. The number of ether oxygens (including phenoxy) is 1. The van der Waals surface area contributed by atoms with Crippen LogP contribution >= 0.6 is 27.3 Å². The minimum atomic E-state index is -0.470. The Morgan fingerprint density at radius 1 is 1.50 bits per heavy atom. The Morgan fingerprint density at radius 2 is 2.22 bits per heavy atom. The highest BCUT2D eigenvalue weighted by Gasteiger charge is 2.32. The van der Waals surface area contributed by atoms with Crippen LogP contribution in [0.3, 0.4) is 0 Å².